The Balaban J connectivity index is 1.35. The number of pyridine rings is 1. The number of hydrogen-bond donors (Lipinski definition) is 4. The topological polar surface area (TPSA) is 146 Å². The number of rotatable bonds is 9. The van der Waals surface area contributed by atoms with Gasteiger partial charge in [-0.05, 0) is 60.0 Å². The highest BCUT2D eigenvalue weighted by Gasteiger charge is 2.17. The highest BCUT2D eigenvalue weighted by atomic mass is 32.2. The quantitative estimate of drug-likeness (QED) is 0.221. The van der Waals surface area contributed by atoms with Crippen molar-refractivity contribution in [3.63, 3.8) is 0 Å². The first-order valence-corrected chi connectivity index (χ1v) is 14.4. The molecule has 5 rings (SSSR count). The smallest absolute Gasteiger partial charge is 0.269 e. The van der Waals surface area contributed by atoms with Crippen LogP contribution in [0.3, 0.4) is 0 Å². The van der Waals surface area contributed by atoms with Crippen LogP contribution in [-0.2, 0) is 22.9 Å². The Morgan fingerprint density at radius 2 is 1.82 bits per heavy atom. The third-order valence-electron chi connectivity index (χ3n) is 6.61. The van der Waals surface area contributed by atoms with Crippen LogP contribution in [0, 0.1) is 6.92 Å². The van der Waals surface area contributed by atoms with Crippen molar-refractivity contribution in [1.29, 1.82) is 0 Å². The summed E-state index contributed by atoms with van der Waals surface area (Å²) in [5.74, 6) is 0.137. The average molecular weight is 544 g/mol. The summed E-state index contributed by atoms with van der Waals surface area (Å²) in [5, 5.41) is 14.5. The van der Waals surface area contributed by atoms with E-state index in [1.165, 1.54) is 23.9 Å². The van der Waals surface area contributed by atoms with Crippen molar-refractivity contribution in [2.45, 2.75) is 31.8 Å². The van der Waals surface area contributed by atoms with Crippen molar-refractivity contribution in [2.75, 3.05) is 12.8 Å². The molecule has 0 bridgehead atoms. The molecule has 5 aromatic rings. The molecule has 4 N–H and O–H groups in total. The minimum atomic E-state index is -3.27. The lowest BCUT2D eigenvalue weighted by atomic mass is 9.98. The highest BCUT2D eigenvalue weighted by molar-refractivity contribution is 7.90. The number of aromatic amines is 2. The van der Waals surface area contributed by atoms with Gasteiger partial charge in [-0.1, -0.05) is 25.1 Å². The van der Waals surface area contributed by atoms with Gasteiger partial charge in [0.15, 0.2) is 15.7 Å². The van der Waals surface area contributed by atoms with Crippen LogP contribution >= 0.6 is 0 Å². The van der Waals surface area contributed by atoms with E-state index < -0.39 is 9.84 Å². The van der Waals surface area contributed by atoms with Gasteiger partial charge < -0.3 is 15.6 Å². The predicted molar refractivity (Wildman–Crippen MR) is 150 cm³/mol. The van der Waals surface area contributed by atoms with Gasteiger partial charge in [0.05, 0.1) is 16.6 Å². The van der Waals surface area contributed by atoms with Crippen molar-refractivity contribution < 1.29 is 13.2 Å². The molecule has 0 aliphatic carbocycles. The van der Waals surface area contributed by atoms with Crippen LogP contribution in [0.5, 0.6) is 0 Å². The first kappa shape index (κ1) is 26.3. The second kappa shape index (κ2) is 10.8. The Morgan fingerprint density at radius 3 is 2.56 bits per heavy atom. The summed E-state index contributed by atoms with van der Waals surface area (Å²) in [6.45, 7) is 6.06. The Hall–Kier alpha value is -4.35. The van der Waals surface area contributed by atoms with Crippen molar-refractivity contribution >= 4 is 26.6 Å². The fourth-order valence-electron chi connectivity index (χ4n) is 4.35. The normalized spacial score (nSPS) is 11.7. The van der Waals surface area contributed by atoms with Gasteiger partial charge in [-0.3, -0.25) is 14.9 Å². The van der Waals surface area contributed by atoms with E-state index in [1.807, 2.05) is 24.5 Å². The van der Waals surface area contributed by atoms with Crippen molar-refractivity contribution in [2.24, 2.45) is 0 Å². The number of aromatic nitrogens is 5. The lowest BCUT2D eigenvalue weighted by Crippen LogP contribution is -2.23. The summed E-state index contributed by atoms with van der Waals surface area (Å²) < 4.78 is 23.3. The molecule has 2 aromatic carbocycles. The maximum absolute atomic E-state index is 12.8. The standard InChI is InChI=1S/C28H29N7O3S/c1-4-29-13-20-14-30-15-23(17(20)2)19-7-10-24-22(11-19)26(35-34-24)27-31-16-25(33-27)28(36)32-12-18-5-8-21(9-6-18)39(3,37)38/h5-11,14-16,29H,4,12-13H2,1-3H3,(H,31,33)(H,32,36)(H,34,35). The van der Waals surface area contributed by atoms with Gasteiger partial charge in [0.2, 0.25) is 0 Å². The summed E-state index contributed by atoms with van der Waals surface area (Å²) in [5.41, 5.74) is 6.90. The van der Waals surface area contributed by atoms with Gasteiger partial charge in [-0.15, -0.1) is 0 Å². The Labute approximate surface area is 226 Å². The van der Waals surface area contributed by atoms with Crippen LogP contribution in [0.15, 0.2) is 66.0 Å². The molecule has 0 unspecified atom stereocenters. The van der Waals surface area contributed by atoms with E-state index in [0.717, 1.165) is 52.5 Å². The zero-order chi connectivity index (χ0) is 27.6. The number of H-pyrrole nitrogens is 2. The lowest BCUT2D eigenvalue weighted by Gasteiger charge is -2.11. The summed E-state index contributed by atoms with van der Waals surface area (Å²) in [7, 11) is -3.27. The largest absolute Gasteiger partial charge is 0.347 e. The van der Waals surface area contributed by atoms with Gasteiger partial charge in [-0.2, -0.15) is 5.10 Å². The molecule has 11 heteroatoms. The molecule has 0 aliphatic heterocycles. The molecule has 0 fully saturated rings. The van der Waals surface area contributed by atoms with Crippen LogP contribution in [0.1, 0.15) is 34.1 Å². The number of nitrogens with zero attached hydrogens (tertiary/aromatic N) is 3. The van der Waals surface area contributed by atoms with E-state index in [2.05, 4.69) is 55.7 Å². The second-order valence-electron chi connectivity index (χ2n) is 9.33. The molecule has 0 atom stereocenters. The number of benzene rings is 2. The van der Waals surface area contributed by atoms with Crippen molar-refractivity contribution in [1.82, 2.24) is 35.8 Å². The van der Waals surface area contributed by atoms with Crippen LogP contribution in [0.2, 0.25) is 0 Å². The fourth-order valence-corrected chi connectivity index (χ4v) is 4.98. The second-order valence-corrected chi connectivity index (χ2v) is 11.3. The average Bonchev–Trinajstić information content (AvgIpc) is 3.58. The summed E-state index contributed by atoms with van der Waals surface area (Å²) in [6.07, 6.45) is 6.39. The van der Waals surface area contributed by atoms with Gasteiger partial charge >= 0.3 is 0 Å². The fraction of sp³-hybridized carbons (Fsp3) is 0.214. The zero-order valence-electron chi connectivity index (χ0n) is 21.9. The maximum atomic E-state index is 12.8. The molecule has 3 aromatic heterocycles. The van der Waals surface area contributed by atoms with Crippen LogP contribution in [-0.4, -0.2) is 52.3 Å². The molecule has 0 saturated heterocycles. The monoisotopic (exact) mass is 543 g/mol. The molecule has 1 amide bonds. The molecule has 3 heterocycles. The van der Waals surface area contributed by atoms with E-state index in [-0.39, 0.29) is 17.3 Å². The first-order chi connectivity index (χ1) is 18.7. The molecule has 0 spiro atoms. The number of carbonyl (C=O) groups is 1. The van der Waals surface area contributed by atoms with E-state index >= 15 is 0 Å². The number of carbonyl (C=O) groups excluding carboxylic acids is 1. The zero-order valence-corrected chi connectivity index (χ0v) is 22.7. The number of sulfone groups is 1. The lowest BCUT2D eigenvalue weighted by molar-refractivity contribution is 0.0946. The third-order valence-corrected chi connectivity index (χ3v) is 7.74. The molecule has 0 aliphatic rings. The molecule has 10 nitrogen and oxygen atoms in total. The molecule has 39 heavy (non-hydrogen) atoms. The van der Waals surface area contributed by atoms with E-state index in [9.17, 15) is 13.2 Å². The third kappa shape index (κ3) is 5.59. The maximum Gasteiger partial charge on any atom is 0.269 e. The van der Waals surface area contributed by atoms with Crippen molar-refractivity contribution in [3.05, 3.63) is 83.4 Å². The molecular formula is C28H29N7O3S. The van der Waals surface area contributed by atoms with Crippen LogP contribution < -0.4 is 10.6 Å². The number of nitrogens with one attached hydrogen (secondary N) is 4. The summed E-state index contributed by atoms with van der Waals surface area (Å²) in [4.78, 5) is 24.9. The van der Waals surface area contributed by atoms with E-state index in [4.69, 9.17) is 0 Å². The Bertz CT molecular complexity index is 1760. The van der Waals surface area contributed by atoms with Gasteiger partial charge in [0.1, 0.15) is 11.4 Å². The Morgan fingerprint density at radius 1 is 1.03 bits per heavy atom. The molecule has 0 radical (unpaired) electrons. The number of imidazole rings is 1. The number of fused-ring (bicyclic) bond motifs is 1. The summed E-state index contributed by atoms with van der Waals surface area (Å²) >= 11 is 0. The van der Waals surface area contributed by atoms with Crippen LogP contribution in [0.25, 0.3) is 33.5 Å². The molecule has 200 valence electrons. The van der Waals surface area contributed by atoms with Crippen molar-refractivity contribution in [3.8, 4) is 22.6 Å². The minimum absolute atomic E-state index is 0.234. The predicted octanol–water partition coefficient (Wildman–Crippen LogP) is 3.77. The first-order valence-electron chi connectivity index (χ1n) is 12.5. The van der Waals surface area contributed by atoms with Gasteiger partial charge in [-0.25, -0.2) is 13.4 Å². The van der Waals surface area contributed by atoms with E-state index in [1.54, 1.807) is 12.1 Å². The molecular weight excluding hydrogens is 514 g/mol. The van der Waals surface area contributed by atoms with Crippen LogP contribution in [0.4, 0.5) is 0 Å². The minimum Gasteiger partial charge on any atom is -0.347 e. The SMILES string of the molecule is CCNCc1cncc(-c2ccc3[nH]nc(-c4ncc(C(=O)NCc5ccc(S(C)(=O)=O)cc5)[nH]4)c3c2)c1C. The Kier molecular flexibility index (Phi) is 7.27. The number of amides is 1. The van der Waals surface area contributed by atoms with E-state index in [0.29, 0.717) is 17.2 Å². The number of hydrogen-bond acceptors (Lipinski definition) is 7. The van der Waals surface area contributed by atoms with Gasteiger partial charge in [0.25, 0.3) is 5.91 Å². The highest BCUT2D eigenvalue weighted by Crippen LogP contribution is 2.31. The summed E-state index contributed by atoms with van der Waals surface area (Å²) in [6, 6.07) is 12.5. The van der Waals surface area contributed by atoms with Gasteiger partial charge in [0, 0.05) is 42.7 Å². The molecule has 0 saturated carbocycles.